The van der Waals surface area contributed by atoms with Crippen molar-refractivity contribution in [1.29, 1.82) is 0 Å². The Balaban J connectivity index is -0.0000000678. The van der Waals surface area contributed by atoms with Crippen LogP contribution in [0.15, 0.2) is 0 Å². The SMILES string of the molecule is CC.CC.CC.CC.CC.CC.O=C1CCCC1.O=C1CCCCC1.O=C1CCCCCC1. The Kier molecular flexibility index (Phi) is 72.7. The number of Topliss-reactive ketones (excluding diaryl/α,β-unsaturated/α-hetero) is 3. The Hall–Kier alpha value is -0.990. The Labute approximate surface area is 211 Å². The van der Waals surface area contributed by atoms with E-state index in [-0.39, 0.29) is 0 Å². The molecule has 0 heterocycles. The molecule has 0 radical (unpaired) electrons. The first kappa shape index (κ1) is 45.5. The minimum Gasteiger partial charge on any atom is -0.300 e. The Morgan fingerprint density at radius 3 is 0.576 bits per heavy atom. The van der Waals surface area contributed by atoms with Crippen LogP contribution in [0.25, 0.3) is 0 Å². The first-order valence-electron chi connectivity index (χ1n) is 14.7. The summed E-state index contributed by atoms with van der Waals surface area (Å²) in [5, 5.41) is 0. The Morgan fingerprint density at radius 2 is 0.394 bits per heavy atom. The largest absolute Gasteiger partial charge is 0.300 e. The standard InChI is InChI=1S/C7H12O.C6H10O.C5H8O.6C2H6/c8-7-5-3-1-2-4-6-7;7-6-4-2-1-3-5-6;6-5-3-1-2-4-5;6*1-2/h1-6H2;1-5H2;1-4H2;6*1-2H3. The second-order valence-corrected chi connectivity index (χ2v) is 6.30. The molecule has 204 valence electrons. The monoisotopic (exact) mass is 475 g/mol. The van der Waals surface area contributed by atoms with Gasteiger partial charge in [-0.15, -0.1) is 0 Å². The van der Waals surface area contributed by atoms with Gasteiger partial charge in [-0.3, -0.25) is 14.4 Å². The van der Waals surface area contributed by atoms with Gasteiger partial charge in [-0.25, -0.2) is 0 Å². The van der Waals surface area contributed by atoms with E-state index in [1.54, 1.807) is 0 Å². The summed E-state index contributed by atoms with van der Waals surface area (Å²) in [5.74, 6) is 1.39. The number of carbonyl (C=O) groups is 3. The third kappa shape index (κ3) is 49.3. The lowest BCUT2D eigenvalue weighted by Crippen LogP contribution is -2.02. The average molecular weight is 475 g/mol. The molecular formula is C30H66O3. The maximum absolute atomic E-state index is 10.7. The highest BCUT2D eigenvalue weighted by atomic mass is 16.1. The maximum Gasteiger partial charge on any atom is 0.132 e. The minimum absolute atomic E-state index is 0.454. The van der Waals surface area contributed by atoms with E-state index in [0.717, 1.165) is 77.0 Å². The zero-order valence-corrected chi connectivity index (χ0v) is 25.3. The molecule has 0 aliphatic heterocycles. The summed E-state index contributed by atoms with van der Waals surface area (Å²) >= 11 is 0. The average Bonchev–Trinajstić information content (AvgIpc) is 3.28. The highest BCUT2D eigenvalue weighted by Gasteiger charge is 2.07. The smallest absolute Gasteiger partial charge is 0.132 e. The second-order valence-electron chi connectivity index (χ2n) is 6.30. The summed E-state index contributed by atoms with van der Waals surface area (Å²) in [6, 6.07) is 0. The maximum atomic E-state index is 10.7. The van der Waals surface area contributed by atoms with E-state index in [9.17, 15) is 14.4 Å². The van der Waals surface area contributed by atoms with Crippen molar-refractivity contribution < 1.29 is 14.4 Å². The highest BCUT2D eigenvalue weighted by Crippen LogP contribution is 2.13. The zero-order valence-electron chi connectivity index (χ0n) is 25.3. The number of ketones is 3. The van der Waals surface area contributed by atoms with Crippen LogP contribution in [0.1, 0.15) is 179 Å². The van der Waals surface area contributed by atoms with Gasteiger partial charge in [0.05, 0.1) is 0 Å². The lowest BCUT2D eigenvalue weighted by atomic mass is 10.00. The summed E-state index contributed by atoms with van der Waals surface area (Å²) in [7, 11) is 0. The van der Waals surface area contributed by atoms with Gasteiger partial charge in [0.1, 0.15) is 17.3 Å². The van der Waals surface area contributed by atoms with Gasteiger partial charge in [0.15, 0.2) is 0 Å². The summed E-state index contributed by atoms with van der Waals surface area (Å²) in [6.07, 6.45) is 15.7. The van der Waals surface area contributed by atoms with Crippen LogP contribution in [0.4, 0.5) is 0 Å². The van der Waals surface area contributed by atoms with E-state index < -0.39 is 0 Å². The first-order chi connectivity index (χ1) is 16.2. The molecule has 0 atom stereocenters. The molecule has 0 aromatic rings. The van der Waals surface area contributed by atoms with Crippen molar-refractivity contribution in [2.75, 3.05) is 0 Å². The molecule has 3 aliphatic carbocycles. The van der Waals surface area contributed by atoms with Gasteiger partial charge < -0.3 is 0 Å². The van der Waals surface area contributed by atoms with Crippen molar-refractivity contribution in [3.63, 3.8) is 0 Å². The minimum atomic E-state index is 0.454. The third-order valence-corrected chi connectivity index (χ3v) is 4.23. The van der Waals surface area contributed by atoms with Crippen molar-refractivity contribution in [2.45, 2.75) is 179 Å². The molecule has 0 saturated heterocycles. The molecule has 0 bridgehead atoms. The zero-order chi connectivity index (χ0) is 27.3. The fourth-order valence-corrected chi connectivity index (χ4v) is 2.84. The van der Waals surface area contributed by atoms with Crippen molar-refractivity contribution in [2.24, 2.45) is 0 Å². The van der Waals surface area contributed by atoms with Crippen LogP contribution in [-0.4, -0.2) is 17.3 Å². The molecule has 3 saturated carbocycles. The van der Waals surface area contributed by atoms with Crippen LogP contribution in [0.2, 0.25) is 0 Å². The van der Waals surface area contributed by atoms with E-state index >= 15 is 0 Å². The van der Waals surface area contributed by atoms with Gasteiger partial charge in [-0.2, -0.15) is 0 Å². The topological polar surface area (TPSA) is 51.2 Å². The first-order valence-corrected chi connectivity index (χ1v) is 14.7. The number of hydrogen-bond donors (Lipinski definition) is 0. The second kappa shape index (κ2) is 52.7. The summed E-state index contributed by atoms with van der Waals surface area (Å²) in [5.41, 5.74) is 0. The fourth-order valence-electron chi connectivity index (χ4n) is 2.84. The number of carbonyl (C=O) groups excluding carboxylic acids is 3. The molecule has 3 aliphatic rings. The molecule has 3 fully saturated rings. The van der Waals surface area contributed by atoms with Crippen LogP contribution in [0.3, 0.4) is 0 Å². The molecule has 3 rings (SSSR count). The van der Waals surface area contributed by atoms with Crippen molar-refractivity contribution in [3.8, 4) is 0 Å². The van der Waals surface area contributed by atoms with Crippen LogP contribution in [0.5, 0.6) is 0 Å². The number of hydrogen-bond acceptors (Lipinski definition) is 3. The molecule has 0 aromatic carbocycles. The van der Waals surface area contributed by atoms with E-state index in [1.165, 1.54) is 19.3 Å². The summed E-state index contributed by atoms with van der Waals surface area (Å²) in [4.78, 5) is 31.4. The van der Waals surface area contributed by atoms with E-state index in [2.05, 4.69) is 0 Å². The predicted molar refractivity (Wildman–Crippen MR) is 152 cm³/mol. The van der Waals surface area contributed by atoms with Gasteiger partial charge in [0.2, 0.25) is 0 Å². The molecule has 0 N–H and O–H groups in total. The van der Waals surface area contributed by atoms with Crippen LogP contribution in [0, 0.1) is 0 Å². The molecule has 3 nitrogen and oxygen atoms in total. The van der Waals surface area contributed by atoms with E-state index in [4.69, 9.17) is 0 Å². The van der Waals surface area contributed by atoms with Gasteiger partial charge >= 0.3 is 0 Å². The molecule has 0 unspecified atom stereocenters. The van der Waals surface area contributed by atoms with Crippen molar-refractivity contribution in [1.82, 2.24) is 0 Å². The summed E-state index contributed by atoms with van der Waals surface area (Å²) < 4.78 is 0. The lowest BCUT2D eigenvalue weighted by Gasteiger charge is -2.05. The Bertz CT molecular complexity index is 309. The molecule has 33 heavy (non-hydrogen) atoms. The quantitative estimate of drug-likeness (QED) is 0.328. The van der Waals surface area contributed by atoms with E-state index in [1.807, 2.05) is 83.1 Å². The summed E-state index contributed by atoms with van der Waals surface area (Å²) in [6.45, 7) is 24.0. The third-order valence-electron chi connectivity index (χ3n) is 4.23. The fraction of sp³-hybridized carbons (Fsp3) is 0.900. The van der Waals surface area contributed by atoms with Crippen LogP contribution in [-0.2, 0) is 14.4 Å². The van der Waals surface area contributed by atoms with Crippen LogP contribution >= 0.6 is 0 Å². The van der Waals surface area contributed by atoms with Gasteiger partial charge in [0, 0.05) is 38.5 Å². The Morgan fingerprint density at radius 1 is 0.273 bits per heavy atom. The molecule has 3 heteroatoms. The molecular weight excluding hydrogens is 408 g/mol. The normalized spacial score (nSPS) is 15.5. The van der Waals surface area contributed by atoms with Crippen LogP contribution < -0.4 is 0 Å². The van der Waals surface area contributed by atoms with Gasteiger partial charge in [-0.1, -0.05) is 102 Å². The molecule has 0 spiro atoms. The number of rotatable bonds is 0. The van der Waals surface area contributed by atoms with Gasteiger partial charge in [0.25, 0.3) is 0 Å². The van der Waals surface area contributed by atoms with Crippen molar-refractivity contribution >= 4 is 17.3 Å². The highest BCUT2D eigenvalue weighted by molar-refractivity contribution is 5.80. The van der Waals surface area contributed by atoms with Gasteiger partial charge in [-0.05, 0) is 38.5 Å². The predicted octanol–water partition coefficient (Wildman–Crippen LogP) is 10.7. The molecule has 0 amide bonds. The molecule has 0 aromatic heterocycles. The van der Waals surface area contributed by atoms with E-state index in [0.29, 0.717) is 17.3 Å². The van der Waals surface area contributed by atoms with Crippen molar-refractivity contribution in [3.05, 3.63) is 0 Å². The lowest BCUT2D eigenvalue weighted by molar-refractivity contribution is -0.120.